The molecule has 0 spiro atoms. The van der Waals surface area contributed by atoms with Crippen LogP contribution in [-0.4, -0.2) is 24.3 Å². The number of rotatable bonds is 3. The number of thioether (sulfide) groups is 1. The maximum Gasteiger partial charge on any atom is 0.270 e. The fraction of sp³-hybridized carbons (Fsp3) is 0.158. The largest absolute Gasteiger partial charge is 0.378 e. The first-order chi connectivity index (χ1) is 11.5. The highest BCUT2D eigenvalue weighted by molar-refractivity contribution is 8.27. The van der Waals surface area contributed by atoms with E-state index in [0.717, 1.165) is 22.5 Å². The van der Waals surface area contributed by atoms with E-state index in [9.17, 15) is 4.79 Å². The first kappa shape index (κ1) is 16.7. The minimum Gasteiger partial charge on any atom is -0.378 e. The quantitative estimate of drug-likeness (QED) is 0.599. The molecule has 1 amide bonds. The fourth-order valence-corrected chi connectivity index (χ4v) is 3.77. The van der Waals surface area contributed by atoms with Gasteiger partial charge in [0.05, 0.1) is 10.6 Å². The van der Waals surface area contributed by atoms with Gasteiger partial charge >= 0.3 is 0 Å². The Hall–Kier alpha value is -2.11. The van der Waals surface area contributed by atoms with E-state index in [1.165, 1.54) is 11.8 Å². The van der Waals surface area contributed by atoms with Crippen LogP contribution in [0.2, 0.25) is 0 Å². The number of hydrogen-bond donors (Lipinski definition) is 0. The predicted molar refractivity (Wildman–Crippen MR) is 108 cm³/mol. The molecule has 24 heavy (non-hydrogen) atoms. The molecule has 0 N–H and O–H groups in total. The average Bonchev–Trinajstić information content (AvgIpc) is 2.84. The molecular weight excluding hydrogens is 336 g/mol. The fourth-order valence-electron chi connectivity index (χ4n) is 2.48. The van der Waals surface area contributed by atoms with Crippen LogP contribution in [0.5, 0.6) is 0 Å². The Balaban J connectivity index is 1.91. The maximum absolute atomic E-state index is 12.8. The molecule has 0 radical (unpaired) electrons. The zero-order valence-corrected chi connectivity index (χ0v) is 15.4. The van der Waals surface area contributed by atoms with Crippen LogP contribution in [0.25, 0.3) is 6.08 Å². The second-order valence-corrected chi connectivity index (χ2v) is 7.46. The Kier molecular flexibility index (Phi) is 4.73. The molecule has 1 saturated heterocycles. The minimum atomic E-state index is -0.0640. The lowest BCUT2D eigenvalue weighted by molar-refractivity contribution is -0.113. The van der Waals surface area contributed by atoms with E-state index in [2.05, 4.69) is 0 Å². The summed E-state index contributed by atoms with van der Waals surface area (Å²) in [6.07, 6.45) is 1.92. The van der Waals surface area contributed by atoms with Crippen molar-refractivity contribution in [2.24, 2.45) is 0 Å². The molecule has 0 aromatic heterocycles. The van der Waals surface area contributed by atoms with Gasteiger partial charge < -0.3 is 4.90 Å². The molecule has 3 nitrogen and oxygen atoms in total. The van der Waals surface area contributed by atoms with Crippen molar-refractivity contribution in [1.82, 2.24) is 0 Å². The molecule has 1 aliphatic heterocycles. The van der Waals surface area contributed by atoms with Crippen LogP contribution in [0, 0.1) is 6.92 Å². The molecule has 1 aliphatic rings. The summed E-state index contributed by atoms with van der Waals surface area (Å²) in [6.45, 7) is 2.03. The topological polar surface area (TPSA) is 23.6 Å². The van der Waals surface area contributed by atoms with Gasteiger partial charge in [-0.25, -0.2) is 0 Å². The van der Waals surface area contributed by atoms with E-state index >= 15 is 0 Å². The van der Waals surface area contributed by atoms with Gasteiger partial charge in [-0.05, 0) is 48.4 Å². The Labute approximate surface area is 152 Å². The van der Waals surface area contributed by atoms with E-state index in [0.29, 0.717) is 9.23 Å². The van der Waals surface area contributed by atoms with Crippen LogP contribution in [0.15, 0.2) is 53.4 Å². The second-order valence-electron chi connectivity index (χ2n) is 5.78. The molecule has 5 heteroatoms. The van der Waals surface area contributed by atoms with E-state index in [-0.39, 0.29) is 5.91 Å². The number of carbonyl (C=O) groups is 1. The monoisotopic (exact) mass is 354 g/mol. The molecular formula is C19H18N2OS2. The van der Waals surface area contributed by atoms with Crippen LogP contribution in [0.4, 0.5) is 11.4 Å². The number of hydrogen-bond acceptors (Lipinski definition) is 4. The first-order valence-electron chi connectivity index (χ1n) is 7.58. The average molecular weight is 355 g/mol. The Morgan fingerprint density at radius 2 is 1.75 bits per heavy atom. The van der Waals surface area contributed by atoms with E-state index in [1.807, 2.05) is 80.5 Å². The lowest BCUT2D eigenvalue weighted by Gasteiger charge is -2.17. The standard InChI is InChI=1S/C19H18N2OS2/c1-13-6-4-5-7-14(13)12-17-18(22)21(19(23)24-17)16-10-8-15(9-11-16)20(2)3/h4-12H,1-3H3/b17-12+. The molecule has 2 aromatic carbocycles. The number of benzene rings is 2. The maximum atomic E-state index is 12.8. The van der Waals surface area contributed by atoms with Crippen LogP contribution in [0.1, 0.15) is 11.1 Å². The first-order valence-corrected chi connectivity index (χ1v) is 8.81. The number of carbonyl (C=O) groups excluding carboxylic acids is 1. The summed E-state index contributed by atoms with van der Waals surface area (Å²) in [5.74, 6) is -0.0640. The smallest absolute Gasteiger partial charge is 0.270 e. The Morgan fingerprint density at radius 3 is 2.38 bits per heavy atom. The van der Waals surface area contributed by atoms with Crippen LogP contribution < -0.4 is 9.80 Å². The SMILES string of the molecule is Cc1ccccc1/C=C1/SC(=S)N(c2ccc(N(C)C)cc2)C1=O. The van der Waals surface area contributed by atoms with Gasteiger partial charge in [0.1, 0.15) is 0 Å². The van der Waals surface area contributed by atoms with Crippen molar-refractivity contribution in [2.45, 2.75) is 6.92 Å². The third-order valence-corrected chi connectivity index (χ3v) is 5.20. The highest BCUT2D eigenvalue weighted by Gasteiger charge is 2.33. The third-order valence-electron chi connectivity index (χ3n) is 3.89. The van der Waals surface area contributed by atoms with E-state index in [1.54, 1.807) is 4.90 Å². The lowest BCUT2D eigenvalue weighted by Crippen LogP contribution is -2.27. The number of aryl methyl sites for hydroxylation is 1. The number of thiocarbonyl (C=S) groups is 1. The van der Waals surface area contributed by atoms with Crippen molar-refractivity contribution in [1.29, 1.82) is 0 Å². The second kappa shape index (κ2) is 6.79. The Bertz CT molecular complexity index is 826. The van der Waals surface area contributed by atoms with Crippen molar-refractivity contribution >= 4 is 51.7 Å². The number of anilines is 2. The zero-order valence-electron chi connectivity index (χ0n) is 13.8. The van der Waals surface area contributed by atoms with Gasteiger partial charge in [0.2, 0.25) is 0 Å². The molecule has 122 valence electrons. The molecule has 1 heterocycles. The van der Waals surface area contributed by atoms with Gasteiger partial charge in [0.15, 0.2) is 4.32 Å². The highest BCUT2D eigenvalue weighted by atomic mass is 32.2. The molecule has 0 saturated carbocycles. The summed E-state index contributed by atoms with van der Waals surface area (Å²) in [5.41, 5.74) is 4.06. The van der Waals surface area contributed by atoms with Crippen molar-refractivity contribution in [3.63, 3.8) is 0 Å². The highest BCUT2D eigenvalue weighted by Crippen LogP contribution is 2.36. The van der Waals surface area contributed by atoms with Gasteiger partial charge in [-0.15, -0.1) is 0 Å². The summed E-state index contributed by atoms with van der Waals surface area (Å²) in [5, 5.41) is 0. The van der Waals surface area contributed by atoms with E-state index < -0.39 is 0 Å². The van der Waals surface area contributed by atoms with Gasteiger partial charge in [0.25, 0.3) is 5.91 Å². The molecule has 0 aliphatic carbocycles. The summed E-state index contributed by atoms with van der Waals surface area (Å²) in [7, 11) is 3.97. The van der Waals surface area contributed by atoms with Crippen LogP contribution in [-0.2, 0) is 4.79 Å². The lowest BCUT2D eigenvalue weighted by atomic mass is 10.1. The van der Waals surface area contributed by atoms with Gasteiger partial charge in [-0.1, -0.05) is 48.2 Å². The third kappa shape index (κ3) is 3.23. The van der Waals surface area contributed by atoms with Crippen LogP contribution in [0.3, 0.4) is 0 Å². The van der Waals surface area contributed by atoms with Crippen molar-refractivity contribution < 1.29 is 4.79 Å². The summed E-state index contributed by atoms with van der Waals surface area (Å²) in [4.78, 5) is 17.1. The van der Waals surface area contributed by atoms with Crippen molar-refractivity contribution in [3.05, 3.63) is 64.6 Å². The normalized spacial score (nSPS) is 16.1. The van der Waals surface area contributed by atoms with Gasteiger partial charge in [-0.3, -0.25) is 9.69 Å². The van der Waals surface area contributed by atoms with Crippen molar-refractivity contribution in [2.75, 3.05) is 23.9 Å². The number of nitrogens with zero attached hydrogens (tertiary/aromatic N) is 2. The summed E-state index contributed by atoms with van der Waals surface area (Å²) >= 11 is 6.78. The molecule has 0 unspecified atom stereocenters. The van der Waals surface area contributed by atoms with Crippen LogP contribution >= 0.6 is 24.0 Å². The molecule has 2 aromatic rings. The summed E-state index contributed by atoms with van der Waals surface area (Å²) < 4.78 is 0.567. The van der Waals surface area contributed by atoms with E-state index in [4.69, 9.17) is 12.2 Å². The summed E-state index contributed by atoms with van der Waals surface area (Å²) in [6, 6.07) is 15.8. The molecule has 0 bridgehead atoms. The molecule has 0 atom stereocenters. The Morgan fingerprint density at radius 1 is 1.08 bits per heavy atom. The van der Waals surface area contributed by atoms with Crippen molar-refractivity contribution in [3.8, 4) is 0 Å². The molecule has 1 fully saturated rings. The van der Waals surface area contributed by atoms with Gasteiger partial charge in [0, 0.05) is 19.8 Å². The predicted octanol–water partition coefficient (Wildman–Crippen LogP) is 4.47. The van der Waals surface area contributed by atoms with Gasteiger partial charge in [-0.2, -0.15) is 0 Å². The zero-order chi connectivity index (χ0) is 17.3. The minimum absolute atomic E-state index is 0.0640. The number of amides is 1. The molecule has 3 rings (SSSR count).